The number of rotatable bonds is 5. The minimum atomic E-state index is -0.606. The summed E-state index contributed by atoms with van der Waals surface area (Å²) in [6, 6.07) is 18.8. The van der Waals surface area contributed by atoms with Crippen molar-refractivity contribution in [1.82, 2.24) is 0 Å². The van der Waals surface area contributed by atoms with Crippen LogP contribution in [0.3, 0.4) is 0 Å². The molecule has 184 valence electrons. The summed E-state index contributed by atoms with van der Waals surface area (Å²) < 4.78 is 4.90. The highest BCUT2D eigenvalue weighted by atomic mass is 16.6. The van der Waals surface area contributed by atoms with Crippen LogP contribution in [0.25, 0.3) is 10.8 Å². The van der Waals surface area contributed by atoms with Crippen molar-refractivity contribution in [3.05, 3.63) is 94.0 Å². The van der Waals surface area contributed by atoms with Crippen molar-refractivity contribution in [2.24, 2.45) is 5.73 Å². The Balaban J connectivity index is 0.000000253. The van der Waals surface area contributed by atoms with E-state index in [1.807, 2.05) is 0 Å². The van der Waals surface area contributed by atoms with Crippen molar-refractivity contribution < 1.29 is 24.4 Å². The number of benzene rings is 4. The van der Waals surface area contributed by atoms with Gasteiger partial charge in [0.25, 0.3) is 11.6 Å². The number of fused-ring (bicyclic) bond motifs is 1. The van der Waals surface area contributed by atoms with Gasteiger partial charge in [-0.2, -0.15) is 0 Å². The van der Waals surface area contributed by atoms with Crippen LogP contribution in [0.4, 0.5) is 22.7 Å². The van der Waals surface area contributed by atoms with Gasteiger partial charge in [0.15, 0.2) is 5.75 Å². The summed E-state index contributed by atoms with van der Waals surface area (Å²) in [4.78, 5) is 33.3. The van der Waals surface area contributed by atoms with E-state index in [0.717, 1.165) is 0 Å². The smallest absolute Gasteiger partial charge is 0.271 e. The number of amides is 2. The number of phenolic OH excluding ortho intramolecular Hbond substituents is 1. The van der Waals surface area contributed by atoms with Crippen LogP contribution in [0.15, 0.2) is 72.8 Å². The lowest BCUT2D eigenvalue weighted by atomic mass is 10.0. The summed E-state index contributed by atoms with van der Waals surface area (Å²) in [5.41, 5.74) is 17.5. The molecular weight excluding hydrogens is 466 g/mol. The molecule has 0 atom stereocenters. The van der Waals surface area contributed by atoms with Crippen molar-refractivity contribution in [2.75, 3.05) is 23.9 Å². The van der Waals surface area contributed by atoms with E-state index in [0.29, 0.717) is 27.8 Å². The standard InChI is InChI=1S/C17H13N3O4.C8H10N2O2/c18-15-13-7-2-1-4-10(13)8-14(16(15)21)17(22)19-11-5-3-6-12(9-11)20(23)24;1-12-7-3-2-5(8(10)11)4-6(7)9/h1-9,21H,18H2,(H,19,22);2-4H,9H2,1H3,(H2,10,11). The molecular formula is C25H23N5O6. The Hall–Kier alpha value is -5.32. The van der Waals surface area contributed by atoms with Crippen LogP contribution in [0.5, 0.6) is 11.5 Å². The number of nitrogen functional groups attached to an aromatic ring is 2. The number of phenols is 1. The number of nitrogens with two attached hydrogens (primary N) is 3. The van der Waals surface area contributed by atoms with E-state index < -0.39 is 16.7 Å². The molecule has 0 aromatic heterocycles. The second-order valence-electron chi connectivity index (χ2n) is 7.49. The largest absolute Gasteiger partial charge is 0.505 e. The fraction of sp³-hybridized carbons (Fsp3) is 0.0400. The maximum Gasteiger partial charge on any atom is 0.271 e. The van der Waals surface area contributed by atoms with Gasteiger partial charge in [0, 0.05) is 28.8 Å². The number of nitrogens with zero attached hydrogens (tertiary/aromatic N) is 1. The first kappa shape index (κ1) is 25.3. The van der Waals surface area contributed by atoms with Gasteiger partial charge in [0.1, 0.15) is 5.75 Å². The average molecular weight is 489 g/mol. The van der Waals surface area contributed by atoms with Gasteiger partial charge in [0.2, 0.25) is 5.91 Å². The van der Waals surface area contributed by atoms with E-state index in [9.17, 15) is 24.8 Å². The third-order valence-corrected chi connectivity index (χ3v) is 5.13. The van der Waals surface area contributed by atoms with Crippen LogP contribution in [0, 0.1) is 10.1 Å². The first-order chi connectivity index (χ1) is 17.1. The second kappa shape index (κ2) is 10.7. The highest BCUT2D eigenvalue weighted by Gasteiger charge is 2.17. The van der Waals surface area contributed by atoms with Gasteiger partial charge in [-0.15, -0.1) is 0 Å². The van der Waals surface area contributed by atoms with Crippen molar-refractivity contribution in [3.8, 4) is 11.5 Å². The molecule has 0 heterocycles. The predicted molar refractivity (Wildman–Crippen MR) is 137 cm³/mol. The number of carbonyl (C=O) groups excluding carboxylic acids is 2. The van der Waals surface area contributed by atoms with E-state index in [4.69, 9.17) is 21.9 Å². The third-order valence-electron chi connectivity index (χ3n) is 5.13. The van der Waals surface area contributed by atoms with E-state index in [1.165, 1.54) is 43.5 Å². The van der Waals surface area contributed by atoms with Gasteiger partial charge in [0.05, 0.1) is 29.0 Å². The summed E-state index contributed by atoms with van der Waals surface area (Å²) in [5.74, 6) is -0.883. The number of methoxy groups -OCH3 is 1. The molecule has 8 N–H and O–H groups in total. The molecule has 0 saturated heterocycles. The SMILES string of the molecule is COc1ccc(C(N)=O)cc1N.Nc1c(O)c(C(=O)Nc2cccc([N+](=O)[O-])c2)cc2ccccc12. The van der Waals surface area contributed by atoms with Crippen molar-refractivity contribution in [1.29, 1.82) is 0 Å². The number of anilines is 3. The van der Waals surface area contributed by atoms with Crippen LogP contribution in [-0.4, -0.2) is 29.0 Å². The number of hydrogen-bond acceptors (Lipinski definition) is 8. The number of primary amides is 1. The number of aromatic hydroxyl groups is 1. The molecule has 0 aliphatic carbocycles. The summed E-state index contributed by atoms with van der Waals surface area (Å²) in [6.07, 6.45) is 0. The average Bonchev–Trinajstić information content (AvgIpc) is 2.86. The van der Waals surface area contributed by atoms with Crippen LogP contribution < -0.4 is 27.3 Å². The van der Waals surface area contributed by atoms with Crippen LogP contribution >= 0.6 is 0 Å². The molecule has 0 fully saturated rings. The summed E-state index contributed by atoms with van der Waals surface area (Å²) >= 11 is 0. The molecule has 4 aromatic carbocycles. The number of non-ortho nitro benzene ring substituents is 1. The molecule has 2 amide bonds. The summed E-state index contributed by atoms with van der Waals surface area (Å²) in [7, 11) is 1.51. The topological polar surface area (TPSA) is 197 Å². The zero-order chi connectivity index (χ0) is 26.4. The first-order valence-electron chi connectivity index (χ1n) is 10.4. The molecule has 4 aromatic rings. The number of hydrogen-bond donors (Lipinski definition) is 5. The summed E-state index contributed by atoms with van der Waals surface area (Å²) in [6.45, 7) is 0. The zero-order valence-corrected chi connectivity index (χ0v) is 19.1. The van der Waals surface area contributed by atoms with E-state index in [-0.39, 0.29) is 28.4 Å². The lowest BCUT2D eigenvalue weighted by Crippen LogP contribution is -2.13. The molecule has 11 heteroatoms. The molecule has 0 spiro atoms. The molecule has 0 aliphatic heterocycles. The molecule has 0 bridgehead atoms. The third kappa shape index (κ3) is 5.59. The van der Waals surface area contributed by atoms with Gasteiger partial charge in [-0.25, -0.2) is 0 Å². The quantitative estimate of drug-likeness (QED) is 0.121. The molecule has 4 rings (SSSR count). The molecule has 11 nitrogen and oxygen atoms in total. The molecule has 0 aliphatic rings. The van der Waals surface area contributed by atoms with Gasteiger partial charge in [-0.1, -0.05) is 30.3 Å². The van der Waals surface area contributed by atoms with Crippen molar-refractivity contribution in [2.45, 2.75) is 0 Å². The minimum Gasteiger partial charge on any atom is -0.505 e. The Morgan fingerprint density at radius 1 is 1.00 bits per heavy atom. The van der Waals surface area contributed by atoms with Crippen LogP contribution in [-0.2, 0) is 0 Å². The fourth-order valence-corrected chi connectivity index (χ4v) is 3.32. The molecule has 0 saturated carbocycles. The Kier molecular flexibility index (Phi) is 7.55. The Morgan fingerprint density at radius 2 is 1.72 bits per heavy atom. The minimum absolute atomic E-state index is 0.00212. The van der Waals surface area contributed by atoms with Gasteiger partial charge >= 0.3 is 0 Å². The Labute approximate surface area is 205 Å². The zero-order valence-electron chi connectivity index (χ0n) is 19.1. The number of carbonyl (C=O) groups is 2. The Bertz CT molecular complexity index is 1470. The molecule has 0 radical (unpaired) electrons. The summed E-state index contributed by atoms with van der Waals surface area (Å²) in [5, 5.41) is 24.9. The highest BCUT2D eigenvalue weighted by Crippen LogP contribution is 2.34. The maximum absolute atomic E-state index is 12.4. The number of nitro benzene ring substituents is 1. The van der Waals surface area contributed by atoms with E-state index >= 15 is 0 Å². The van der Waals surface area contributed by atoms with Crippen molar-refractivity contribution in [3.63, 3.8) is 0 Å². The van der Waals surface area contributed by atoms with Crippen molar-refractivity contribution >= 4 is 45.3 Å². The lowest BCUT2D eigenvalue weighted by Gasteiger charge is -2.11. The fourth-order valence-electron chi connectivity index (χ4n) is 3.32. The predicted octanol–water partition coefficient (Wildman–Crippen LogP) is 3.66. The maximum atomic E-state index is 12.4. The normalized spacial score (nSPS) is 10.1. The van der Waals surface area contributed by atoms with E-state index in [2.05, 4.69) is 5.32 Å². The lowest BCUT2D eigenvalue weighted by molar-refractivity contribution is -0.384. The Morgan fingerprint density at radius 3 is 2.36 bits per heavy atom. The number of ether oxygens (including phenoxy) is 1. The first-order valence-corrected chi connectivity index (χ1v) is 10.4. The number of nitro groups is 1. The second-order valence-corrected chi connectivity index (χ2v) is 7.49. The van der Waals surface area contributed by atoms with Gasteiger partial charge in [-0.3, -0.25) is 19.7 Å². The monoisotopic (exact) mass is 489 g/mol. The van der Waals surface area contributed by atoms with Gasteiger partial charge < -0.3 is 32.4 Å². The van der Waals surface area contributed by atoms with Gasteiger partial charge in [-0.05, 0) is 35.7 Å². The van der Waals surface area contributed by atoms with Crippen LogP contribution in [0.1, 0.15) is 20.7 Å². The van der Waals surface area contributed by atoms with Crippen LogP contribution in [0.2, 0.25) is 0 Å². The molecule has 0 unspecified atom stereocenters. The highest BCUT2D eigenvalue weighted by molar-refractivity contribution is 6.11. The molecule has 36 heavy (non-hydrogen) atoms. The number of nitrogens with one attached hydrogen (secondary N) is 1. The van der Waals surface area contributed by atoms with E-state index in [1.54, 1.807) is 36.4 Å².